The van der Waals surface area contributed by atoms with E-state index in [0.717, 1.165) is 18.4 Å². The Bertz CT molecular complexity index is 578. The number of hydrogen-bond donors (Lipinski definition) is 1. The number of likely N-dealkylation sites (N-methyl/N-ethyl adjacent to an activating group) is 1. The van der Waals surface area contributed by atoms with Crippen LogP contribution >= 0.6 is 0 Å². The van der Waals surface area contributed by atoms with E-state index in [0.29, 0.717) is 22.8 Å². The molecule has 1 aromatic rings. The van der Waals surface area contributed by atoms with E-state index in [1.165, 1.54) is 25.0 Å². The van der Waals surface area contributed by atoms with Crippen molar-refractivity contribution in [1.29, 1.82) is 0 Å². The van der Waals surface area contributed by atoms with Crippen molar-refractivity contribution in [1.82, 2.24) is 0 Å². The molecule has 0 spiro atoms. The van der Waals surface area contributed by atoms with Crippen LogP contribution in [0.25, 0.3) is 0 Å². The van der Waals surface area contributed by atoms with Gasteiger partial charge in [-0.1, -0.05) is 6.07 Å². The molecule has 0 heterocycles. The number of carbonyl (C=O) groups is 1. The molecule has 22 heavy (non-hydrogen) atoms. The van der Waals surface area contributed by atoms with Crippen LogP contribution in [0.15, 0.2) is 18.2 Å². The predicted molar refractivity (Wildman–Crippen MR) is 85.7 cm³/mol. The van der Waals surface area contributed by atoms with E-state index in [4.69, 9.17) is 0 Å². The second-order valence-electron chi connectivity index (χ2n) is 6.68. The molecule has 0 aliphatic heterocycles. The summed E-state index contributed by atoms with van der Waals surface area (Å²) in [5.74, 6) is -0.0968. The van der Waals surface area contributed by atoms with E-state index >= 15 is 0 Å². The average Bonchev–Trinajstić information content (AvgIpc) is 2.95. The lowest BCUT2D eigenvalue weighted by Gasteiger charge is -2.35. The maximum absolute atomic E-state index is 12.3. The molecule has 0 radical (unpaired) electrons. The van der Waals surface area contributed by atoms with E-state index in [1.807, 2.05) is 6.92 Å². The van der Waals surface area contributed by atoms with Crippen molar-refractivity contribution in [3.8, 4) is 0 Å². The first-order chi connectivity index (χ1) is 10.3. The van der Waals surface area contributed by atoms with Gasteiger partial charge in [-0.25, -0.2) is 0 Å². The van der Waals surface area contributed by atoms with Crippen molar-refractivity contribution in [2.75, 3.05) is 26.0 Å². The number of anilines is 1. The Hall–Kier alpha value is -1.95. The van der Waals surface area contributed by atoms with E-state index < -0.39 is 4.92 Å². The third kappa shape index (κ3) is 3.82. The lowest BCUT2D eigenvalue weighted by atomic mass is 10.1. The topological polar surface area (TPSA) is 72.2 Å². The number of nitro groups is 1. The minimum absolute atomic E-state index is 0.00885. The highest BCUT2D eigenvalue weighted by Gasteiger charge is 2.33. The van der Waals surface area contributed by atoms with Gasteiger partial charge in [0.05, 0.1) is 30.7 Å². The zero-order valence-electron chi connectivity index (χ0n) is 13.5. The number of rotatable bonds is 5. The molecule has 1 N–H and O–H groups in total. The summed E-state index contributed by atoms with van der Waals surface area (Å²) in [6.07, 6.45) is 4.79. The number of nitro benzene ring substituents is 1. The molecular formula is C16H24N3O3+. The molecule has 0 bridgehead atoms. The zero-order chi connectivity index (χ0) is 16.3. The van der Waals surface area contributed by atoms with Gasteiger partial charge in [0.2, 0.25) is 0 Å². The molecule has 1 aliphatic rings. The largest absolute Gasteiger partial charge is 0.321 e. The van der Waals surface area contributed by atoms with Crippen molar-refractivity contribution < 1.29 is 14.2 Å². The van der Waals surface area contributed by atoms with Crippen molar-refractivity contribution >= 4 is 17.3 Å². The Labute approximate surface area is 130 Å². The monoisotopic (exact) mass is 306 g/mol. The van der Waals surface area contributed by atoms with Crippen molar-refractivity contribution in [3.63, 3.8) is 0 Å². The zero-order valence-corrected chi connectivity index (χ0v) is 13.5. The Morgan fingerprint density at radius 3 is 2.59 bits per heavy atom. The Morgan fingerprint density at radius 2 is 2.00 bits per heavy atom. The van der Waals surface area contributed by atoms with Crippen LogP contribution in [0, 0.1) is 17.0 Å². The van der Waals surface area contributed by atoms with Gasteiger partial charge in [0.15, 0.2) is 6.54 Å². The standard InChI is InChI=1S/C16H23N3O3/c1-12-8-9-13(18(21)22)10-15(12)17-16(20)11-19(2,3)14-6-4-5-7-14/h8-10,14H,4-7,11H2,1-3H3/p+1. The quantitative estimate of drug-likeness (QED) is 0.516. The molecular weight excluding hydrogens is 282 g/mol. The van der Waals surface area contributed by atoms with Crippen LogP contribution in [-0.4, -0.2) is 42.0 Å². The molecule has 120 valence electrons. The van der Waals surface area contributed by atoms with Crippen molar-refractivity contribution in [2.45, 2.75) is 38.6 Å². The molecule has 1 amide bonds. The third-order valence-corrected chi connectivity index (χ3v) is 4.57. The number of amides is 1. The number of quaternary nitrogens is 1. The number of hydrogen-bond acceptors (Lipinski definition) is 3. The fourth-order valence-corrected chi connectivity index (χ4v) is 3.15. The highest BCUT2D eigenvalue weighted by atomic mass is 16.6. The van der Waals surface area contributed by atoms with Gasteiger partial charge in [0.1, 0.15) is 0 Å². The minimum Gasteiger partial charge on any atom is -0.321 e. The molecule has 1 aliphatic carbocycles. The number of carbonyl (C=O) groups excluding carboxylic acids is 1. The Morgan fingerprint density at radius 1 is 1.36 bits per heavy atom. The van der Waals surface area contributed by atoms with Gasteiger partial charge in [-0.05, 0) is 38.2 Å². The lowest BCUT2D eigenvalue weighted by molar-refractivity contribution is -0.906. The van der Waals surface area contributed by atoms with Crippen molar-refractivity contribution in [3.05, 3.63) is 33.9 Å². The van der Waals surface area contributed by atoms with Gasteiger partial charge in [0.25, 0.3) is 11.6 Å². The van der Waals surface area contributed by atoms with Crippen LogP contribution in [0.3, 0.4) is 0 Å². The first kappa shape index (κ1) is 16.4. The Balaban J connectivity index is 2.05. The van der Waals surface area contributed by atoms with Crippen LogP contribution < -0.4 is 5.32 Å². The van der Waals surface area contributed by atoms with Gasteiger partial charge in [0, 0.05) is 12.1 Å². The molecule has 6 heteroatoms. The maximum Gasteiger partial charge on any atom is 0.279 e. The predicted octanol–water partition coefficient (Wildman–Crippen LogP) is 2.86. The normalized spacial score (nSPS) is 15.8. The van der Waals surface area contributed by atoms with E-state index in [9.17, 15) is 14.9 Å². The molecule has 0 saturated heterocycles. The number of nitrogens with zero attached hydrogens (tertiary/aromatic N) is 2. The van der Waals surface area contributed by atoms with Gasteiger partial charge in [-0.3, -0.25) is 14.9 Å². The molecule has 6 nitrogen and oxygen atoms in total. The van der Waals surface area contributed by atoms with Gasteiger partial charge >= 0.3 is 0 Å². The minimum atomic E-state index is -0.451. The summed E-state index contributed by atoms with van der Waals surface area (Å²) in [5.41, 5.74) is 1.33. The van der Waals surface area contributed by atoms with Crippen LogP contribution in [-0.2, 0) is 4.79 Å². The van der Waals surface area contributed by atoms with E-state index in [2.05, 4.69) is 19.4 Å². The van der Waals surface area contributed by atoms with Gasteiger partial charge < -0.3 is 9.80 Å². The third-order valence-electron chi connectivity index (χ3n) is 4.57. The summed E-state index contributed by atoms with van der Waals surface area (Å²) in [6, 6.07) is 5.05. The summed E-state index contributed by atoms with van der Waals surface area (Å²) in [6.45, 7) is 2.21. The summed E-state index contributed by atoms with van der Waals surface area (Å²) in [5, 5.41) is 13.7. The SMILES string of the molecule is Cc1ccc([N+](=O)[O-])cc1NC(=O)C[N+](C)(C)C1CCCC1. The van der Waals surface area contributed by atoms with Gasteiger partial charge in [-0.2, -0.15) is 0 Å². The Kier molecular flexibility index (Phi) is 4.81. The fourth-order valence-electron chi connectivity index (χ4n) is 3.15. The van der Waals surface area contributed by atoms with Crippen LogP contribution in [0.4, 0.5) is 11.4 Å². The number of nitrogens with one attached hydrogen (secondary N) is 1. The number of benzene rings is 1. The molecule has 0 unspecified atom stereocenters. The molecule has 1 aromatic carbocycles. The lowest BCUT2D eigenvalue weighted by Crippen LogP contribution is -2.51. The van der Waals surface area contributed by atoms with Gasteiger partial charge in [-0.15, -0.1) is 0 Å². The van der Waals surface area contributed by atoms with E-state index in [-0.39, 0.29) is 11.6 Å². The average molecular weight is 306 g/mol. The number of aryl methyl sites for hydroxylation is 1. The first-order valence-corrected chi connectivity index (χ1v) is 7.67. The smallest absolute Gasteiger partial charge is 0.279 e. The summed E-state index contributed by atoms with van der Waals surface area (Å²) in [7, 11) is 4.16. The second kappa shape index (κ2) is 6.44. The van der Waals surface area contributed by atoms with Crippen molar-refractivity contribution in [2.24, 2.45) is 0 Å². The maximum atomic E-state index is 12.3. The molecule has 0 aromatic heterocycles. The fraction of sp³-hybridized carbons (Fsp3) is 0.562. The summed E-state index contributed by atoms with van der Waals surface area (Å²) < 4.78 is 0.666. The molecule has 2 rings (SSSR count). The summed E-state index contributed by atoms with van der Waals surface area (Å²) in [4.78, 5) is 22.7. The summed E-state index contributed by atoms with van der Waals surface area (Å²) >= 11 is 0. The molecule has 0 atom stereocenters. The number of non-ortho nitro benzene ring substituents is 1. The van der Waals surface area contributed by atoms with Crippen LogP contribution in [0.5, 0.6) is 0 Å². The van der Waals surface area contributed by atoms with Crippen LogP contribution in [0.1, 0.15) is 31.2 Å². The molecule has 1 fully saturated rings. The highest BCUT2D eigenvalue weighted by molar-refractivity contribution is 5.92. The molecule has 1 saturated carbocycles. The van der Waals surface area contributed by atoms with Crippen LogP contribution in [0.2, 0.25) is 0 Å². The highest BCUT2D eigenvalue weighted by Crippen LogP contribution is 2.27. The second-order valence-corrected chi connectivity index (χ2v) is 6.68. The van der Waals surface area contributed by atoms with E-state index in [1.54, 1.807) is 6.07 Å². The first-order valence-electron chi connectivity index (χ1n) is 7.67.